The molecule has 4 heteroatoms. The molecular formula is C15H30N2O2. The van der Waals surface area contributed by atoms with Gasteiger partial charge in [0.15, 0.2) is 0 Å². The van der Waals surface area contributed by atoms with Gasteiger partial charge in [-0.3, -0.25) is 4.79 Å². The molecule has 0 spiro atoms. The lowest BCUT2D eigenvalue weighted by Gasteiger charge is -2.38. The average molecular weight is 270 g/mol. The number of carboxylic acids is 1. The highest BCUT2D eigenvalue weighted by molar-refractivity contribution is 5.78. The highest BCUT2D eigenvalue weighted by atomic mass is 16.4. The molecule has 0 aromatic rings. The Morgan fingerprint density at radius 1 is 1.47 bits per heavy atom. The molecule has 1 rings (SSSR count). The molecule has 0 aliphatic carbocycles. The van der Waals surface area contributed by atoms with Crippen molar-refractivity contribution in [2.45, 2.75) is 65.0 Å². The lowest BCUT2D eigenvalue weighted by Crippen LogP contribution is -2.52. The van der Waals surface area contributed by atoms with Gasteiger partial charge in [-0.2, -0.15) is 0 Å². The third-order valence-electron chi connectivity index (χ3n) is 4.41. The zero-order valence-electron chi connectivity index (χ0n) is 12.9. The molecular weight excluding hydrogens is 240 g/mol. The number of nitrogens with one attached hydrogen (secondary N) is 1. The minimum atomic E-state index is -0.793. The van der Waals surface area contributed by atoms with Crippen LogP contribution in [-0.2, 0) is 4.79 Å². The first-order chi connectivity index (χ1) is 8.89. The Labute approximate surface area is 117 Å². The van der Waals surface area contributed by atoms with Crippen molar-refractivity contribution in [1.82, 2.24) is 10.2 Å². The summed E-state index contributed by atoms with van der Waals surface area (Å²) in [6.45, 7) is 11.2. The minimum Gasteiger partial charge on any atom is -0.480 e. The summed E-state index contributed by atoms with van der Waals surface area (Å²) in [6.07, 6.45) is 4.09. The third-order valence-corrected chi connectivity index (χ3v) is 4.41. The molecule has 0 amide bonds. The van der Waals surface area contributed by atoms with Crippen LogP contribution in [0.15, 0.2) is 0 Å². The number of carboxylic acid groups (broad SMARTS) is 1. The zero-order valence-corrected chi connectivity index (χ0v) is 12.9. The largest absolute Gasteiger partial charge is 0.480 e. The SMILES string of the molecule is CCCNC(C)(CCN1CCC(C)CC1C)C(=O)O. The lowest BCUT2D eigenvalue weighted by atomic mass is 9.91. The fourth-order valence-electron chi connectivity index (χ4n) is 2.83. The van der Waals surface area contributed by atoms with E-state index in [0.29, 0.717) is 12.5 Å². The maximum Gasteiger partial charge on any atom is 0.323 e. The van der Waals surface area contributed by atoms with Gasteiger partial charge >= 0.3 is 5.97 Å². The average Bonchev–Trinajstić information content (AvgIpc) is 2.35. The van der Waals surface area contributed by atoms with Gasteiger partial charge in [0.1, 0.15) is 5.54 Å². The second-order valence-corrected chi connectivity index (χ2v) is 6.33. The van der Waals surface area contributed by atoms with Crippen LogP contribution < -0.4 is 5.32 Å². The zero-order chi connectivity index (χ0) is 14.5. The molecule has 0 radical (unpaired) electrons. The summed E-state index contributed by atoms with van der Waals surface area (Å²) >= 11 is 0. The number of hydrogen-bond donors (Lipinski definition) is 2. The third kappa shape index (κ3) is 4.77. The Morgan fingerprint density at radius 2 is 2.16 bits per heavy atom. The second kappa shape index (κ2) is 7.25. The van der Waals surface area contributed by atoms with Crippen LogP contribution in [0.4, 0.5) is 0 Å². The predicted molar refractivity (Wildman–Crippen MR) is 78.4 cm³/mol. The summed E-state index contributed by atoms with van der Waals surface area (Å²) in [5.41, 5.74) is -0.793. The molecule has 4 nitrogen and oxygen atoms in total. The smallest absolute Gasteiger partial charge is 0.323 e. The van der Waals surface area contributed by atoms with Crippen LogP contribution in [0.1, 0.15) is 53.4 Å². The maximum atomic E-state index is 11.5. The van der Waals surface area contributed by atoms with E-state index in [0.717, 1.165) is 32.0 Å². The van der Waals surface area contributed by atoms with E-state index in [4.69, 9.17) is 0 Å². The fourth-order valence-corrected chi connectivity index (χ4v) is 2.83. The Hall–Kier alpha value is -0.610. The molecule has 2 N–H and O–H groups in total. The van der Waals surface area contributed by atoms with Crippen LogP contribution in [-0.4, -0.2) is 47.2 Å². The first-order valence-electron chi connectivity index (χ1n) is 7.61. The normalized spacial score (nSPS) is 28.0. The van der Waals surface area contributed by atoms with Crippen molar-refractivity contribution in [2.24, 2.45) is 5.92 Å². The number of aliphatic carboxylic acids is 1. The van der Waals surface area contributed by atoms with Crippen LogP contribution in [0.25, 0.3) is 0 Å². The number of carbonyl (C=O) groups is 1. The summed E-state index contributed by atoms with van der Waals surface area (Å²) in [7, 11) is 0. The lowest BCUT2D eigenvalue weighted by molar-refractivity contribution is -0.144. The van der Waals surface area contributed by atoms with Gasteiger partial charge in [-0.1, -0.05) is 13.8 Å². The van der Waals surface area contributed by atoms with Gasteiger partial charge in [0.2, 0.25) is 0 Å². The highest BCUT2D eigenvalue weighted by Gasteiger charge is 2.33. The molecule has 1 aliphatic heterocycles. The van der Waals surface area contributed by atoms with Gasteiger partial charge in [0.25, 0.3) is 0 Å². The first kappa shape index (κ1) is 16.4. The highest BCUT2D eigenvalue weighted by Crippen LogP contribution is 2.23. The number of hydrogen-bond acceptors (Lipinski definition) is 3. The Balaban J connectivity index is 2.49. The fraction of sp³-hybridized carbons (Fsp3) is 0.933. The Morgan fingerprint density at radius 3 is 2.68 bits per heavy atom. The molecule has 3 unspecified atom stereocenters. The van der Waals surface area contributed by atoms with Crippen molar-refractivity contribution in [3.05, 3.63) is 0 Å². The number of likely N-dealkylation sites (tertiary alicyclic amines) is 1. The van der Waals surface area contributed by atoms with Crippen molar-refractivity contribution in [1.29, 1.82) is 0 Å². The molecule has 1 fully saturated rings. The number of piperidine rings is 1. The monoisotopic (exact) mass is 270 g/mol. The quantitative estimate of drug-likeness (QED) is 0.745. The van der Waals surface area contributed by atoms with Crippen molar-refractivity contribution < 1.29 is 9.90 Å². The van der Waals surface area contributed by atoms with Crippen molar-refractivity contribution in [3.63, 3.8) is 0 Å². The summed E-state index contributed by atoms with van der Waals surface area (Å²) in [4.78, 5) is 13.9. The van der Waals surface area contributed by atoms with Crippen molar-refractivity contribution in [3.8, 4) is 0 Å². The molecule has 0 aromatic heterocycles. The maximum absolute atomic E-state index is 11.5. The van der Waals surface area contributed by atoms with E-state index in [1.165, 1.54) is 12.8 Å². The Bertz CT molecular complexity index is 296. The van der Waals surface area contributed by atoms with Gasteiger partial charge in [-0.25, -0.2) is 0 Å². The summed E-state index contributed by atoms with van der Waals surface area (Å²) in [5, 5.41) is 12.6. The molecule has 19 heavy (non-hydrogen) atoms. The molecule has 1 aliphatic rings. The molecule has 0 aromatic carbocycles. The van der Waals surface area contributed by atoms with Crippen LogP contribution in [0, 0.1) is 5.92 Å². The van der Waals surface area contributed by atoms with Gasteiger partial charge in [-0.05, 0) is 58.5 Å². The standard InChI is InChI=1S/C15H30N2O2/c1-5-8-16-15(4,14(18)19)7-10-17-9-6-12(2)11-13(17)3/h12-13,16H,5-11H2,1-4H3,(H,18,19). The molecule has 112 valence electrons. The van der Waals surface area contributed by atoms with E-state index in [2.05, 4.69) is 31.0 Å². The van der Waals surface area contributed by atoms with Crippen LogP contribution in [0.5, 0.6) is 0 Å². The van der Waals surface area contributed by atoms with E-state index in [9.17, 15) is 9.90 Å². The van der Waals surface area contributed by atoms with Gasteiger partial charge in [-0.15, -0.1) is 0 Å². The number of rotatable bonds is 7. The van der Waals surface area contributed by atoms with Gasteiger partial charge in [0.05, 0.1) is 0 Å². The topological polar surface area (TPSA) is 52.6 Å². The van der Waals surface area contributed by atoms with Crippen molar-refractivity contribution >= 4 is 5.97 Å². The van der Waals surface area contributed by atoms with E-state index < -0.39 is 11.5 Å². The second-order valence-electron chi connectivity index (χ2n) is 6.33. The van der Waals surface area contributed by atoms with Gasteiger partial charge < -0.3 is 15.3 Å². The van der Waals surface area contributed by atoms with Crippen LogP contribution >= 0.6 is 0 Å². The predicted octanol–water partition coefficient (Wildman–Crippen LogP) is 2.34. The molecule has 1 saturated heterocycles. The van der Waals surface area contributed by atoms with Crippen molar-refractivity contribution in [2.75, 3.05) is 19.6 Å². The molecule has 3 atom stereocenters. The van der Waals surface area contributed by atoms with E-state index in [1.807, 2.05) is 6.92 Å². The minimum absolute atomic E-state index is 0.577. The molecule has 0 bridgehead atoms. The Kier molecular flexibility index (Phi) is 6.27. The van der Waals surface area contributed by atoms with Gasteiger partial charge in [0, 0.05) is 12.6 Å². The van der Waals surface area contributed by atoms with E-state index in [1.54, 1.807) is 0 Å². The van der Waals surface area contributed by atoms with E-state index >= 15 is 0 Å². The molecule has 0 saturated carbocycles. The number of nitrogens with zero attached hydrogens (tertiary/aromatic N) is 1. The first-order valence-corrected chi connectivity index (χ1v) is 7.61. The molecule has 1 heterocycles. The van der Waals surface area contributed by atoms with E-state index in [-0.39, 0.29) is 0 Å². The summed E-state index contributed by atoms with van der Waals surface area (Å²) in [6, 6.07) is 0.577. The van der Waals surface area contributed by atoms with Crippen LogP contribution in [0.2, 0.25) is 0 Å². The summed E-state index contributed by atoms with van der Waals surface area (Å²) in [5.74, 6) is 0.0642. The van der Waals surface area contributed by atoms with Crippen LogP contribution in [0.3, 0.4) is 0 Å². The summed E-state index contributed by atoms with van der Waals surface area (Å²) < 4.78 is 0.